The highest BCUT2D eigenvalue weighted by atomic mass is 32.1. The number of anilines is 1. The molecule has 6 nitrogen and oxygen atoms in total. The molecule has 2 fully saturated rings. The van der Waals surface area contributed by atoms with Gasteiger partial charge in [-0.3, -0.25) is 14.9 Å². The fourth-order valence-electron chi connectivity index (χ4n) is 4.92. The van der Waals surface area contributed by atoms with E-state index in [0.717, 1.165) is 9.78 Å². The topological polar surface area (TPSA) is 75.7 Å². The monoisotopic (exact) mass is 450 g/mol. The highest BCUT2D eigenvalue weighted by Crippen LogP contribution is 2.54. The van der Waals surface area contributed by atoms with Crippen LogP contribution in [0.1, 0.15) is 16.5 Å². The molecule has 2 aliphatic heterocycles. The van der Waals surface area contributed by atoms with Gasteiger partial charge in [0.15, 0.2) is 5.54 Å². The van der Waals surface area contributed by atoms with E-state index >= 15 is 0 Å². The molecular weight excluding hydrogens is 431 g/mol. The molecule has 2 amide bonds. The summed E-state index contributed by atoms with van der Waals surface area (Å²) in [4.78, 5) is 42.4. The summed E-state index contributed by atoms with van der Waals surface area (Å²) in [5.41, 5.74) is -1.20. The number of thiophene rings is 1. The molecule has 5 rings (SSSR count). The third kappa shape index (κ3) is 2.76. The van der Waals surface area contributed by atoms with Crippen molar-refractivity contribution >= 4 is 34.8 Å². The summed E-state index contributed by atoms with van der Waals surface area (Å²) < 4.78 is 19.8. The number of esters is 1. The van der Waals surface area contributed by atoms with Crippen LogP contribution in [0, 0.1) is 17.7 Å². The number of para-hydroxylation sites is 1. The normalized spacial score (nSPS) is 26.9. The molecule has 32 heavy (non-hydrogen) atoms. The third-order valence-corrected chi connectivity index (χ3v) is 7.19. The molecule has 4 atom stereocenters. The second kappa shape index (κ2) is 7.65. The van der Waals surface area contributed by atoms with Gasteiger partial charge in [-0.05, 0) is 29.1 Å². The summed E-state index contributed by atoms with van der Waals surface area (Å²) in [6.07, 6.45) is 0. The molecule has 0 unspecified atom stereocenters. The fourth-order valence-corrected chi connectivity index (χ4v) is 5.75. The Bertz CT molecular complexity index is 1200. The lowest BCUT2D eigenvalue weighted by atomic mass is 9.75. The number of methoxy groups -OCH3 is 1. The number of nitrogens with zero attached hydrogens (tertiary/aromatic N) is 1. The summed E-state index contributed by atoms with van der Waals surface area (Å²) in [5.74, 6) is -4.53. The van der Waals surface area contributed by atoms with Gasteiger partial charge in [-0.2, -0.15) is 0 Å². The van der Waals surface area contributed by atoms with E-state index in [1.807, 2.05) is 17.5 Å². The summed E-state index contributed by atoms with van der Waals surface area (Å²) >= 11 is 1.42. The predicted molar refractivity (Wildman–Crippen MR) is 116 cm³/mol. The molecule has 1 aromatic heterocycles. The number of imide groups is 1. The lowest BCUT2D eigenvalue weighted by Crippen LogP contribution is -2.53. The minimum Gasteiger partial charge on any atom is -0.467 e. The number of ether oxygens (including phenoxy) is 1. The first-order chi connectivity index (χ1) is 15.5. The molecule has 3 aromatic rings. The number of fused-ring (bicyclic) bond motifs is 1. The van der Waals surface area contributed by atoms with Crippen LogP contribution < -0.4 is 10.2 Å². The number of amides is 2. The van der Waals surface area contributed by atoms with Crippen molar-refractivity contribution in [2.24, 2.45) is 11.8 Å². The number of halogens is 1. The van der Waals surface area contributed by atoms with Crippen LogP contribution in [-0.4, -0.2) is 24.9 Å². The van der Waals surface area contributed by atoms with Crippen LogP contribution in [0.25, 0.3) is 0 Å². The van der Waals surface area contributed by atoms with Gasteiger partial charge in [0.1, 0.15) is 5.82 Å². The highest BCUT2D eigenvalue weighted by molar-refractivity contribution is 7.10. The molecule has 3 heterocycles. The molecule has 162 valence electrons. The Labute approximate surface area is 187 Å². The van der Waals surface area contributed by atoms with E-state index in [1.54, 1.807) is 36.4 Å². The zero-order valence-electron chi connectivity index (χ0n) is 17.0. The van der Waals surface area contributed by atoms with Gasteiger partial charge in [0.05, 0.1) is 30.7 Å². The second-order valence-electron chi connectivity index (χ2n) is 7.77. The van der Waals surface area contributed by atoms with Crippen molar-refractivity contribution in [1.29, 1.82) is 0 Å². The molecule has 1 N–H and O–H groups in total. The number of rotatable bonds is 4. The highest BCUT2D eigenvalue weighted by Gasteiger charge is 2.70. The van der Waals surface area contributed by atoms with Crippen molar-refractivity contribution in [3.63, 3.8) is 0 Å². The summed E-state index contributed by atoms with van der Waals surface area (Å²) in [6, 6.07) is 17.5. The van der Waals surface area contributed by atoms with Crippen LogP contribution in [0.5, 0.6) is 0 Å². The molecule has 0 bridgehead atoms. The van der Waals surface area contributed by atoms with E-state index in [4.69, 9.17) is 4.74 Å². The molecule has 0 radical (unpaired) electrons. The zero-order valence-corrected chi connectivity index (χ0v) is 17.8. The van der Waals surface area contributed by atoms with Crippen LogP contribution in [-0.2, 0) is 24.7 Å². The Morgan fingerprint density at radius 1 is 1.03 bits per heavy atom. The van der Waals surface area contributed by atoms with Crippen molar-refractivity contribution in [2.75, 3.05) is 12.0 Å². The number of hydrogen-bond donors (Lipinski definition) is 1. The largest absolute Gasteiger partial charge is 0.467 e. The van der Waals surface area contributed by atoms with E-state index in [9.17, 15) is 18.8 Å². The Hall–Kier alpha value is -3.36. The summed E-state index contributed by atoms with van der Waals surface area (Å²) in [5, 5.41) is 5.16. The Kier molecular flexibility index (Phi) is 4.91. The van der Waals surface area contributed by atoms with Crippen molar-refractivity contribution in [3.05, 3.63) is 88.4 Å². The lowest BCUT2D eigenvalue weighted by Gasteiger charge is -2.32. The molecule has 2 saturated heterocycles. The standard InChI is InChI=1S/C24H19FN2O4S/c1-31-23(30)24(14-8-3-2-4-9-14)19-18(20(26-24)17-12-7-13-32-17)21(28)27(22(19)29)16-11-6-5-10-15(16)25/h2-13,18-20,26H,1H3/t18-,19+,20+,24+/m0/s1. The first kappa shape index (κ1) is 20.5. The van der Waals surface area contributed by atoms with Crippen molar-refractivity contribution < 1.29 is 23.5 Å². The van der Waals surface area contributed by atoms with E-state index < -0.39 is 47.0 Å². The Morgan fingerprint density at radius 3 is 2.41 bits per heavy atom. The van der Waals surface area contributed by atoms with Crippen molar-refractivity contribution in [3.8, 4) is 0 Å². The van der Waals surface area contributed by atoms with Crippen molar-refractivity contribution in [2.45, 2.75) is 11.6 Å². The third-order valence-electron chi connectivity index (χ3n) is 6.24. The predicted octanol–water partition coefficient (Wildman–Crippen LogP) is 3.41. The molecule has 2 aromatic carbocycles. The first-order valence-electron chi connectivity index (χ1n) is 10.1. The number of hydrogen-bond acceptors (Lipinski definition) is 6. The van der Waals surface area contributed by atoms with Crippen LogP contribution in [0.2, 0.25) is 0 Å². The quantitative estimate of drug-likeness (QED) is 0.487. The molecule has 2 aliphatic rings. The molecule has 0 saturated carbocycles. The van der Waals surface area contributed by atoms with Gasteiger partial charge in [0.2, 0.25) is 11.8 Å². The van der Waals surface area contributed by atoms with E-state index in [1.165, 1.54) is 36.6 Å². The lowest BCUT2D eigenvalue weighted by molar-refractivity contribution is -0.152. The maximum absolute atomic E-state index is 14.6. The van der Waals surface area contributed by atoms with Crippen LogP contribution in [0.15, 0.2) is 72.1 Å². The Morgan fingerprint density at radius 2 is 1.75 bits per heavy atom. The summed E-state index contributed by atoms with van der Waals surface area (Å²) in [7, 11) is 1.25. The van der Waals surface area contributed by atoms with Crippen LogP contribution >= 0.6 is 11.3 Å². The molecule has 0 aliphatic carbocycles. The minimum absolute atomic E-state index is 0.117. The summed E-state index contributed by atoms with van der Waals surface area (Å²) in [6.45, 7) is 0. The van der Waals surface area contributed by atoms with Gasteiger partial charge >= 0.3 is 5.97 Å². The minimum atomic E-state index is -1.60. The van der Waals surface area contributed by atoms with Gasteiger partial charge in [0, 0.05) is 4.88 Å². The maximum atomic E-state index is 14.6. The van der Waals surface area contributed by atoms with Gasteiger partial charge < -0.3 is 4.74 Å². The Balaban J connectivity index is 1.74. The SMILES string of the molecule is COC(=O)[C@]1(c2ccccc2)N[C@H](c2cccs2)[C@H]2C(=O)N(c3ccccc3F)C(=O)[C@@H]21. The number of carbonyl (C=O) groups is 3. The molecular formula is C24H19FN2O4S. The van der Waals surface area contributed by atoms with Crippen LogP contribution in [0.4, 0.5) is 10.1 Å². The maximum Gasteiger partial charge on any atom is 0.331 e. The number of nitrogens with one attached hydrogen (secondary N) is 1. The average Bonchev–Trinajstić information content (AvgIpc) is 3.52. The zero-order chi connectivity index (χ0) is 22.5. The number of carbonyl (C=O) groups excluding carboxylic acids is 3. The van der Waals surface area contributed by atoms with Crippen LogP contribution in [0.3, 0.4) is 0 Å². The van der Waals surface area contributed by atoms with E-state index in [-0.39, 0.29) is 5.69 Å². The molecule has 0 spiro atoms. The van der Waals surface area contributed by atoms with Gasteiger partial charge in [-0.1, -0.05) is 48.5 Å². The first-order valence-corrected chi connectivity index (χ1v) is 11.0. The number of benzene rings is 2. The van der Waals surface area contributed by atoms with Gasteiger partial charge in [-0.25, -0.2) is 14.1 Å². The average molecular weight is 450 g/mol. The smallest absolute Gasteiger partial charge is 0.331 e. The molecule has 8 heteroatoms. The van der Waals surface area contributed by atoms with Gasteiger partial charge in [-0.15, -0.1) is 11.3 Å². The van der Waals surface area contributed by atoms with E-state index in [0.29, 0.717) is 5.56 Å². The van der Waals surface area contributed by atoms with Crippen molar-refractivity contribution in [1.82, 2.24) is 5.32 Å². The second-order valence-corrected chi connectivity index (χ2v) is 8.75. The van der Waals surface area contributed by atoms with E-state index in [2.05, 4.69) is 5.32 Å². The fraction of sp³-hybridized carbons (Fsp3) is 0.208. The van der Waals surface area contributed by atoms with Gasteiger partial charge in [0.25, 0.3) is 0 Å².